The highest BCUT2D eigenvalue weighted by Gasteiger charge is 2.16. The molecular formula is C31H64. The van der Waals surface area contributed by atoms with Crippen LogP contribution in [0.1, 0.15) is 146 Å². The molecule has 0 aromatic heterocycles. The van der Waals surface area contributed by atoms with E-state index in [0.717, 1.165) is 24.2 Å². The van der Waals surface area contributed by atoms with Gasteiger partial charge in [0.25, 0.3) is 0 Å². The molecular weight excluding hydrogens is 372 g/mol. The van der Waals surface area contributed by atoms with E-state index in [1.54, 1.807) is 0 Å². The lowest BCUT2D eigenvalue weighted by molar-refractivity contribution is 0.276. The molecule has 1 aliphatic carbocycles. The quantitative estimate of drug-likeness (QED) is 0.430. The summed E-state index contributed by atoms with van der Waals surface area (Å²) in [6.07, 6.45) is 12.6. The van der Waals surface area contributed by atoms with E-state index in [1.165, 1.54) is 62.5 Å². The topological polar surface area (TPSA) is 0 Å². The van der Waals surface area contributed by atoms with Crippen molar-refractivity contribution >= 4 is 0 Å². The average molecular weight is 437 g/mol. The van der Waals surface area contributed by atoms with Crippen LogP contribution in [0.5, 0.6) is 0 Å². The van der Waals surface area contributed by atoms with Crippen LogP contribution in [0.4, 0.5) is 0 Å². The minimum absolute atomic E-state index is 0.949. The molecule has 0 nitrogen and oxygen atoms in total. The zero-order chi connectivity index (χ0) is 25.1. The van der Waals surface area contributed by atoms with Gasteiger partial charge in [0.1, 0.15) is 0 Å². The van der Waals surface area contributed by atoms with E-state index < -0.39 is 0 Å². The normalized spacial score (nSPS) is 17.2. The molecule has 188 valence electrons. The Kier molecular flexibility index (Phi) is 38.0. The Morgan fingerprint density at radius 1 is 0.903 bits per heavy atom. The highest BCUT2D eigenvalue weighted by molar-refractivity contribution is 5.21. The molecule has 1 fully saturated rings. The molecule has 0 aliphatic heterocycles. The van der Waals surface area contributed by atoms with Crippen LogP contribution in [-0.2, 0) is 6.42 Å². The Labute approximate surface area is 201 Å². The van der Waals surface area contributed by atoms with Crippen LogP contribution in [0.15, 0.2) is 24.3 Å². The Balaban J connectivity index is -0.000000158. The fourth-order valence-corrected chi connectivity index (χ4v) is 3.56. The van der Waals surface area contributed by atoms with E-state index in [2.05, 4.69) is 72.7 Å². The standard InChI is InChI=1S/C9H18.C9H12.C7H16.3C2H6/c2*1-3-9-6-4-5-8(2)7-9;1-4-6-7(3)5-2;3*1-2/h8-9H,3-7H2,1-2H3;4-7H,3H2,1-2H3;7H,4-6H2,1-3H3;3*1-2H3. The largest absolute Gasteiger partial charge is 0.0683 e. The van der Waals surface area contributed by atoms with Crippen molar-refractivity contribution in [2.45, 2.75) is 148 Å². The van der Waals surface area contributed by atoms with Gasteiger partial charge < -0.3 is 0 Å². The van der Waals surface area contributed by atoms with Gasteiger partial charge in [-0.25, -0.2) is 0 Å². The van der Waals surface area contributed by atoms with Crippen LogP contribution in [-0.4, -0.2) is 0 Å². The van der Waals surface area contributed by atoms with Crippen LogP contribution in [0.3, 0.4) is 0 Å². The molecule has 0 radical (unpaired) electrons. The first-order chi connectivity index (χ1) is 15.0. The van der Waals surface area contributed by atoms with Crippen LogP contribution in [0.25, 0.3) is 0 Å². The van der Waals surface area contributed by atoms with Crippen molar-refractivity contribution in [3.8, 4) is 0 Å². The minimum Gasteiger partial charge on any atom is -0.0683 e. The van der Waals surface area contributed by atoms with Gasteiger partial charge in [-0.2, -0.15) is 0 Å². The average Bonchev–Trinajstić information content (AvgIpc) is 2.84. The Morgan fingerprint density at radius 3 is 1.77 bits per heavy atom. The highest BCUT2D eigenvalue weighted by Crippen LogP contribution is 2.30. The third kappa shape index (κ3) is 27.2. The fourth-order valence-electron chi connectivity index (χ4n) is 3.56. The van der Waals surface area contributed by atoms with Gasteiger partial charge in [0.05, 0.1) is 0 Å². The maximum Gasteiger partial charge on any atom is -0.0307 e. The van der Waals surface area contributed by atoms with E-state index >= 15 is 0 Å². The molecule has 2 rings (SSSR count). The minimum atomic E-state index is 0.949. The number of hydrogen-bond donors (Lipinski definition) is 0. The maximum atomic E-state index is 2.39. The molecule has 0 amide bonds. The van der Waals surface area contributed by atoms with Crippen molar-refractivity contribution < 1.29 is 0 Å². The molecule has 1 aliphatic rings. The van der Waals surface area contributed by atoms with Gasteiger partial charge >= 0.3 is 0 Å². The van der Waals surface area contributed by atoms with Gasteiger partial charge in [0, 0.05) is 0 Å². The van der Waals surface area contributed by atoms with Gasteiger partial charge in [0.15, 0.2) is 0 Å². The molecule has 0 heterocycles. The van der Waals surface area contributed by atoms with Crippen molar-refractivity contribution in [2.75, 3.05) is 0 Å². The van der Waals surface area contributed by atoms with E-state index in [4.69, 9.17) is 0 Å². The Hall–Kier alpha value is -0.780. The molecule has 0 bridgehead atoms. The maximum absolute atomic E-state index is 2.39. The lowest BCUT2D eigenvalue weighted by atomic mass is 9.81. The summed E-state index contributed by atoms with van der Waals surface area (Å²) in [5, 5.41) is 0. The first kappa shape index (κ1) is 37.5. The van der Waals surface area contributed by atoms with Gasteiger partial charge in [-0.15, -0.1) is 0 Å². The van der Waals surface area contributed by atoms with Gasteiger partial charge in [-0.3, -0.25) is 0 Å². The summed E-state index contributed by atoms with van der Waals surface area (Å²) in [5.74, 6) is 3.03. The highest BCUT2D eigenvalue weighted by atomic mass is 14.2. The summed E-state index contributed by atoms with van der Waals surface area (Å²) in [4.78, 5) is 0. The molecule has 3 atom stereocenters. The molecule has 3 unspecified atom stereocenters. The first-order valence-corrected chi connectivity index (χ1v) is 14.0. The molecule has 31 heavy (non-hydrogen) atoms. The van der Waals surface area contributed by atoms with Crippen molar-refractivity contribution in [1.82, 2.24) is 0 Å². The smallest absolute Gasteiger partial charge is 0.0307 e. The second-order valence-electron chi connectivity index (χ2n) is 8.19. The predicted molar refractivity (Wildman–Crippen MR) is 150 cm³/mol. The van der Waals surface area contributed by atoms with Crippen LogP contribution in [0.2, 0.25) is 0 Å². The SMILES string of the molecule is CC.CC.CC.CCC1CCCC(C)C1.CCCC(C)CC.CCc1cccc(C)c1. The van der Waals surface area contributed by atoms with Gasteiger partial charge in [0.2, 0.25) is 0 Å². The summed E-state index contributed by atoms with van der Waals surface area (Å²) < 4.78 is 0. The zero-order valence-electron chi connectivity index (χ0n) is 24.4. The van der Waals surface area contributed by atoms with Crippen LogP contribution in [0, 0.1) is 24.7 Å². The summed E-state index contributed by atoms with van der Waals surface area (Å²) in [6, 6.07) is 8.61. The Bertz CT molecular complexity index is 406. The lowest BCUT2D eigenvalue weighted by Crippen LogP contribution is -2.11. The zero-order valence-corrected chi connectivity index (χ0v) is 24.4. The molecule has 0 N–H and O–H groups in total. The summed E-state index contributed by atoms with van der Waals surface area (Å²) >= 11 is 0. The van der Waals surface area contributed by atoms with Gasteiger partial charge in [-0.1, -0.05) is 158 Å². The summed E-state index contributed by atoms with van der Waals surface area (Å²) in [7, 11) is 0. The van der Waals surface area contributed by atoms with Crippen molar-refractivity contribution in [2.24, 2.45) is 17.8 Å². The van der Waals surface area contributed by atoms with Gasteiger partial charge in [-0.05, 0) is 43.1 Å². The predicted octanol–water partition coefficient (Wildman–Crippen LogP) is 11.7. The number of rotatable bonds is 5. The number of hydrogen-bond acceptors (Lipinski definition) is 0. The van der Waals surface area contributed by atoms with Crippen LogP contribution < -0.4 is 0 Å². The second-order valence-corrected chi connectivity index (χ2v) is 8.19. The van der Waals surface area contributed by atoms with Crippen molar-refractivity contribution in [3.63, 3.8) is 0 Å². The van der Waals surface area contributed by atoms with Crippen LogP contribution >= 0.6 is 0 Å². The molecule has 1 aromatic carbocycles. The lowest BCUT2D eigenvalue weighted by Gasteiger charge is -2.25. The summed E-state index contributed by atoms with van der Waals surface area (Å²) in [6.45, 7) is 27.8. The molecule has 0 spiro atoms. The van der Waals surface area contributed by atoms with Crippen molar-refractivity contribution in [1.29, 1.82) is 0 Å². The molecule has 1 saturated carbocycles. The fraction of sp³-hybridized carbons (Fsp3) is 0.806. The molecule has 0 heteroatoms. The van der Waals surface area contributed by atoms with Crippen molar-refractivity contribution in [3.05, 3.63) is 35.4 Å². The third-order valence-electron chi connectivity index (χ3n) is 5.59. The molecule has 1 aromatic rings. The van der Waals surface area contributed by atoms with E-state index in [9.17, 15) is 0 Å². The second kappa shape index (κ2) is 31.4. The third-order valence-corrected chi connectivity index (χ3v) is 5.59. The number of benzene rings is 1. The molecule has 0 saturated heterocycles. The Morgan fingerprint density at radius 2 is 1.48 bits per heavy atom. The van der Waals surface area contributed by atoms with E-state index in [0.29, 0.717) is 0 Å². The monoisotopic (exact) mass is 437 g/mol. The van der Waals surface area contributed by atoms with E-state index in [-0.39, 0.29) is 0 Å². The first-order valence-electron chi connectivity index (χ1n) is 14.0. The van der Waals surface area contributed by atoms with E-state index in [1.807, 2.05) is 41.5 Å². The summed E-state index contributed by atoms with van der Waals surface area (Å²) in [5.41, 5.74) is 2.78. The number of aryl methyl sites for hydroxylation is 2.